The van der Waals surface area contributed by atoms with E-state index < -0.39 is 0 Å². The molecule has 0 spiro atoms. The van der Waals surface area contributed by atoms with Crippen LogP contribution < -0.4 is 5.32 Å². The summed E-state index contributed by atoms with van der Waals surface area (Å²) in [4.78, 5) is 12.4. The van der Waals surface area contributed by atoms with E-state index in [1.807, 2.05) is 41.0 Å². The van der Waals surface area contributed by atoms with Gasteiger partial charge in [-0.05, 0) is 36.4 Å². The molecule has 3 aromatic carbocycles. The van der Waals surface area contributed by atoms with Crippen molar-refractivity contribution in [1.29, 1.82) is 0 Å². The van der Waals surface area contributed by atoms with Crippen molar-refractivity contribution in [1.82, 2.24) is 14.8 Å². The summed E-state index contributed by atoms with van der Waals surface area (Å²) in [7, 11) is 0. The maximum absolute atomic E-state index is 12.4. The number of carbonyl (C=O) groups is 1. The van der Waals surface area contributed by atoms with Crippen molar-refractivity contribution in [2.24, 2.45) is 0 Å². The lowest BCUT2D eigenvalue weighted by atomic mass is 10.2. The quantitative estimate of drug-likeness (QED) is 0.414. The minimum absolute atomic E-state index is 0.107. The van der Waals surface area contributed by atoms with E-state index in [0.29, 0.717) is 27.3 Å². The summed E-state index contributed by atoms with van der Waals surface area (Å²) in [5, 5.41) is 22.6. The van der Waals surface area contributed by atoms with Crippen LogP contribution in [0.1, 0.15) is 0 Å². The molecule has 0 radical (unpaired) electrons. The van der Waals surface area contributed by atoms with Gasteiger partial charge in [0, 0.05) is 5.69 Å². The van der Waals surface area contributed by atoms with Crippen LogP contribution in [0.2, 0.25) is 5.02 Å². The van der Waals surface area contributed by atoms with E-state index in [2.05, 4.69) is 15.5 Å². The van der Waals surface area contributed by atoms with Gasteiger partial charge < -0.3 is 10.4 Å². The number of hydrogen-bond acceptors (Lipinski definition) is 5. The summed E-state index contributed by atoms with van der Waals surface area (Å²) < 4.78 is 1.82. The first kappa shape index (κ1) is 20.0. The normalized spacial score (nSPS) is 10.7. The van der Waals surface area contributed by atoms with E-state index >= 15 is 0 Å². The van der Waals surface area contributed by atoms with Crippen LogP contribution >= 0.6 is 23.4 Å². The van der Waals surface area contributed by atoms with Crippen molar-refractivity contribution < 1.29 is 9.90 Å². The fourth-order valence-corrected chi connectivity index (χ4v) is 3.82. The summed E-state index contributed by atoms with van der Waals surface area (Å²) in [6.07, 6.45) is 0. The number of halogens is 1. The Labute approximate surface area is 182 Å². The number of benzene rings is 3. The van der Waals surface area contributed by atoms with E-state index in [1.165, 1.54) is 11.8 Å². The van der Waals surface area contributed by atoms with Crippen molar-refractivity contribution in [3.8, 4) is 22.8 Å². The first-order chi connectivity index (χ1) is 14.6. The van der Waals surface area contributed by atoms with Gasteiger partial charge in [-0.25, -0.2) is 0 Å². The van der Waals surface area contributed by atoms with Crippen LogP contribution in [0.5, 0.6) is 5.75 Å². The number of phenols is 1. The van der Waals surface area contributed by atoms with E-state index in [1.54, 1.807) is 42.5 Å². The van der Waals surface area contributed by atoms with Gasteiger partial charge in [0.15, 0.2) is 11.0 Å². The molecule has 0 saturated carbocycles. The fraction of sp³-hybridized carbons (Fsp3) is 0.0455. The van der Waals surface area contributed by atoms with Crippen molar-refractivity contribution in [3.05, 3.63) is 83.9 Å². The van der Waals surface area contributed by atoms with Gasteiger partial charge in [0.2, 0.25) is 5.91 Å². The Balaban J connectivity index is 1.61. The second-order valence-corrected chi connectivity index (χ2v) is 7.66. The van der Waals surface area contributed by atoms with E-state index in [0.717, 1.165) is 5.69 Å². The largest absolute Gasteiger partial charge is 0.507 e. The van der Waals surface area contributed by atoms with Gasteiger partial charge in [0.25, 0.3) is 0 Å². The molecule has 0 atom stereocenters. The molecule has 0 unspecified atom stereocenters. The number of anilines is 1. The molecule has 4 aromatic rings. The number of thioether (sulfide) groups is 1. The molecule has 30 heavy (non-hydrogen) atoms. The molecule has 2 N–H and O–H groups in total. The maximum Gasteiger partial charge on any atom is 0.234 e. The number of nitrogens with zero attached hydrogens (tertiary/aromatic N) is 3. The highest BCUT2D eigenvalue weighted by atomic mass is 35.5. The monoisotopic (exact) mass is 436 g/mol. The fourth-order valence-electron chi connectivity index (χ4n) is 2.89. The molecule has 6 nitrogen and oxygen atoms in total. The molecule has 0 fully saturated rings. The second-order valence-electron chi connectivity index (χ2n) is 6.31. The first-order valence-electron chi connectivity index (χ1n) is 9.10. The molecule has 0 aliphatic heterocycles. The Kier molecular flexibility index (Phi) is 6.02. The average Bonchev–Trinajstić information content (AvgIpc) is 3.18. The summed E-state index contributed by atoms with van der Waals surface area (Å²) in [6.45, 7) is 0. The van der Waals surface area contributed by atoms with E-state index in [9.17, 15) is 9.90 Å². The van der Waals surface area contributed by atoms with Crippen molar-refractivity contribution in [2.45, 2.75) is 5.16 Å². The molecule has 0 aliphatic rings. The zero-order chi connectivity index (χ0) is 20.9. The predicted molar refractivity (Wildman–Crippen MR) is 119 cm³/mol. The molecular weight excluding hydrogens is 420 g/mol. The molecular formula is C22H17ClN4O2S. The number of carbonyl (C=O) groups excluding carboxylic acids is 1. The summed E-state index contributed by atoms with van der Waals surface area (Å²) in [5.74, 6) is 0.514. The number of amides is 1. The average molecular weight is 437 g/mol. The Morgan fingerprint density at radius 2 is 1.67 bits per heavy atom. The number of aromatic hydroxyl groups is 1. The molecule has 1 heterocycles. The molecule has 8 heteroatoms. The van der Waals surface area contributed by atoms with Crippen LogP contribution in [0.25, 0.3) is 17.1 Å². The second kappa shape index (κ2) is 9.02. The van der Waals surface area contributed by atoms with Gasteiger partial charge >= 0.3 is 0 Å². The van der Waals surface area contributed by atoms with E-state index in [-0.39, 0.29) is 17.4 Å². The van der Waals surface area contributed by atoms with Gasteiger partial charge in [-0.3, -0.25) is 9.36 Å². The van der Waals surface area contributed by atoms with Gasteiger partial charge in [0.1, 0.15) is 5.75 Å². The molecule has 0 bridgehead atoms. The Bertz CT molecular complexity index is 1180. The van der Waals surface area contributed by atoms with Gasteiger partial charge in [0.05, 0.1) is 22.0 Å². The number of hydrogen-bond donors (Lipinski definition) is 2. The minimum Gasteiger partial charge on any atom is -0.507 e. The van der Waals surface area contributed by atoms with Crippen LogP contribution in [0, 0.1) is 0 Å². The number of aromatic nitrogens is 3. The molecule has 1 aromatic heterocycles. The number of nitrogens with one attached hydrogen (secondary N) is 1. The zero-order valence-corrected chi connectivity index (χ0v) is 17.3. The Morgan fingerprint density at radius 1 is 0.967 bits per heavy atom. The highest BCUT2D eigenvalue weighted by molar-refractivity contribution is 7.99. The third kappa shape index (κ3) is 4.32. The first-order valence-corrected chi connectivity index (χ1v) is 10.5. The maximum atomic E-state index is 12.4. The number of rotatable bonds is 6. The lowest BCUT2D eigenvalue weighted by Gasteiger charge is -2.11. The standard InChI is InChI=1S/C22H17ClN4O2S/c23-17-11-5-6-12-18(17)24-20(29)14-30-22-26-25-21(16-10-4-7-13-19(16)28)27(22)15-8-2-1-3-9-15/h1-13,28H,14H2,(H,24,29). The molecule has 1 amide bonds. The lowest BCUT2D eigenvalue weighted by molar-refractivity contribution is -0.113. The SMILES string of the molecule is O=C(CSc1nnc(-c2ccccc2O)n1-c1ccccc1)Nc1ccccc1Cl. The topological polar surface area (TPSA) is 80.0 Å². The third-order valence-electron chi connectivity index (χ3n) is 4.27. The van der Waals surface area contributed by atoms with Gasteiger partial charge in [-0.15, -0.1) is 10.2 Å². The third-order valence-corrected chi connectivity index (χ3v) is 5.53. The molecule has 0 saturated heterocycles. The van der Waals surface area contributed by atoms with Gasteiger partial charge in [-0.2, -0.15) is 0 Å². The van der Waals surface area contributed by atoms with Crippen molar-refractivity contribution in [3.63, 3.8) is 0 Å². The Hall–Kier alpha value is -3.29. The molecule has 4 rings (SSSR count). The van der Waals surface area contributed by atoms with Gasteiger partial charge in [-0.1, -0.05) is 65.8 Å². The summed E-state index contributed by atoms with van der Waals surface area (Å²) in [6, 6.07) is 23.6. The highest BCUT2D eigenvalue weighted by Gasteiger charge is 2.19. The Morgan fingerprint density at radius 3 is 2.43 bits per heavy atom. The smallest absolute Gasteiger partial charge is 0.234 e. The summed E-state index contributed by atoms with van der Waals surface area (Å²) in [5.41, 5.74) is 1.94. The minimum atomic E-state index is -0.208. The van der Waals surface area contributed by atoms with Crippen LogP contribution in [0.4, 0.5) is 5.69 Å². The lowest BCUT2D eigenvalue weighted by Crippen LogP contribution is -2.14. The summed E-state index contributed by atoms with van der Waals surface area (Å²) >= 11 is 7.35. The zero-order valence-electron chi connectivity index (χ0n) is 15.7. The van der Waals surface area contributed by atoms with Crippen molar-refractivity contribution >= 4 is 35.0 Å². The van der Waals surface area contributed by atoms with E-state index in [4.69, 9.17) is 11.6 Å². The van der Waals surface area contributed by atoms with Crippen LogP contribution in [0.15, 0.2) is 84.0 Å². The number of phenolic OH excluding ortho intramolecular Hbond substituents is 1. The van der Waals surface area contributed by atoms with Crippen LogP contribution in [0.3, 0.4) is 0 Å². The molecule has 150 valence electrons. The van der Waals surface area contributed by atoms with Crippen LogP contribution in [-0.4, -0.2) is 31.5 Å². The number of para-hydroxylation sites is 3. The highest BCUT2D eigenvalue weighted by Crippen LogP contribution is 2.32. The van der Waals surface area contributed by atoms with Crippen molar-refractivity contribution in [2.75, 3.05) is 11.1 Å². The molecule has 0 aliphatic carbocycles. The predicted octanol–water partition coefficient (Wildman–Crippen LogP) is 5.02. The van der Waals surface area contributed by atoms with Crippen LogP contribution in [-0.2, 0) is 4.79 Å².